The van der Waals surface area contributed by atoms with Gasteiger partial charge in [0.15, 0.2) is 0 Å². The monoisotopic (exact) mass is 281 g/mol. The third kappa shape index (κ3) is 4.06. The number of ether oxygens (including phenoxy) is 1. The Morgan fingerprint density at radius 1 is 1.37 bits per heavy atom. The van der Waals surface area contributed by atoms with Gasteiger partial charge in [0.05, 0.1) is 19.4 Å². The molecule has 1 heterocycles. The predicted octanol–water partition coefficient (Wildman–Crippen LogP) is 2.14. The van der Waals surface area contributed by atoms with Gasteiger partial charge >= 0.3 is 5.97 Å². The molecule has 1 aromatic heterocycles. The van der Waals surface area contributed by atoms with Crippen molar-refractivity contribution in [3.63, 3.8) is 0 Å². The summed E-state index contributed by atoms with van der Waals surface area (Å²) in [6, 6.07) is 2.17. The normalized spacial score (nSPS) is 22.8. The molecule has 0 aliphatic heterocycles. The van der Waals surface area contributed by atoms with Gasteiger partial charge in [0.25, 0.3) is 0 Å². The van der Waals surface area contributed by atoms with Crippen molar-refractivity contribution in [1.29, 1.82) is 0 Å². The van der Waals surface area contributed by atoms with Crippen molar-refractivity contribution in [3.8, 4) is 0 Å². The van der Waals surface area contributed by atoms with Gasteiger partial charge in [0, 0.05) is 6.04 Å². The van der Waals surface area contributed by atoms with E-state index in [9.17, 15) is 9.59 Å². The standard InChI is InChI=1S/C14H19NO3S/c1-18-14(17)11-2-4-12(5-3-11)15-13(16)8-10-6-7-19-9-10/h6-7,9,11-12H,2-5,8H2,1H3,(H,15,16). The van der Waals surface area contributed by atoms with Crippen LogP contribution in [0.4, 0.5) is 0 Å². The maximum Gasteiger partial charge on any atom is 0.308 e. The van der Waals surface area contributed by atoms with Crippen LogP contribution in [0.15, 0.2) is 16.8 Å². The molecule has 1 aromatic rings. The largest absolute Gasteiger partial charge is 0.469 e. The average Bonchev–Trinajstić information content (AvgIpc) is 2.91. The number of nitrogens with one attached hydrogen (secondary N) is 1. The minimum atomic E-state index is -0.122. The van der Waals surface area contributed by atoms with Gasteiger partial charge in [-0.1, -0.05) is 0 Å². The molecule has 0 saturated heterocycles. The second-order valence-corrected chi connectivity index (χ2v) is 5.73. The Hall–Kier alpha value is -1.36. The second kappa shape index (κ2) is 6.70. The predicted molar refractivity (Wildman–Crippen MR) is 73.9 cm³/mol. The minimum absolute atomic E-state index is 0.00928. The number of rotatable bonds is 4. The van der Waals surface area contributed by atoms with Crippen LogP contribution in [0.1, 0.15) is 31.2 Å². The lowest BCUT2D eigenvalue weighted by Gasteiger charge is -2.27. The summed E-state index contributed by atoms with van der Waals surface area (Å²) in [5.41, 5.74) is 1.06. The zero-order chi connectivity index (χ0) is 13.7. The SMILES string of the molecule is COC(=O)C1CCC(NC(=O)Cc2ccsc2)CC1. The summed E-state index contributed by atoms with van der Waals surface area (Å²) in [4.78, 5) is 23.3. The fourth-order valence-corrected chi connectivity index (χ4v) is 3.17. The van der Waals surface area contributed by atoms with E-state index in [1.807, 2.05) is 16.8 Å². The first-order valence-corrected chi connectivity index (χ1v) is 7.51. The van der Waals surface area contributed by atoms with Crippen LogP contribution in [0, 0.1) is 5.92 Å². The molecular formula is C14H19NO3S. The van der Waals surface area contributed by atoms with Crippen LogP contribution in [0.2, 0.25) is 0 Å². The van der Waals surface area contributed by atoms with Crippen molar-refractivity contribution in [2.45, 2.75) is 38.1 Å². The number of methoxy groups -OCH3 is 1. The molecular weight excluding hydrogens is 262 g/mol. The van der Waals surface area contributed by atoms with E-state index in [0.29, 0.717) is 6.42 Å². The van der Waals surface area contributed by atoms with E-state index < -0.39 is 0 Å². The van der Waals surface area contributed by atoms with Gasteiger partial charge in [-0.05, 0) is 48.1 Å². The van der Waals surface area contributed by atoms with E-state index in [2.05, 4.69) is 5.32 Å². The maximum absolute atomic E-state index is 11.9. The van der Waals surface area contributed by atoms with Crippen LogP contribution in [0.3, 0.4) is 0 Å². The number of thiophene rings is 1. The van der Waals surface area contributed by atoms with Gasteiger partial charge in [-0.2, -0.15) is 11.3 Å². The Bertz CT molecular complexity index is 422. The Balaban J connectivity index is 1.73. The zero-order valence-electron chi connectivity index (χ0n) is 11.1. The van der Waals surface area contributed by atoms with E-state index >= 15 is 0 Å². The van der Waals surface area contributed by atoms with Crippen LogP contribution >= 0.6 is 11.3 Å². The van der Waals surface area contributed by atoms with Crippen molar-refractivity contribution in [2.24, 2.45) is 5.92 Å². The molecule has 5 heteroatoms. The Kier molecular flexibility index (Phi) is 4.96. The van der Waals surface area contributed by atoms with E-state index in [-0.39, 0.29) is 23.8 Å². The molecule has 0 bridgehead atoms. The summed E-state index contributed by atoms with van der Waals surface area (Å²) in [7, 11) is 1.43. The fraction of sp³-hybridized carbons (Fsp3) is 0.571. The molecule has 104 valence electrons. The Morgan fingerprint density at radius 2 is 2.11 bits per heavy atom. The smallest absolute Gasteiger partial charge is 0.308 e. The summed E-state index contributed by atoms with van der Waals surface area (Å²) < 4.78 is 4.75. The van der Waals surface area contributed by atoms with Gasteiger partial charge in [0.2, 0.25) is 5.91 Å². The third-order valence-corrected chi connectivity index (χ3v) is 4.30. The number of amides is 1. The first-order chi connectivity index (χ1) is 9.19. The molecule has 1 N–H and O–H groups in total. The minimum Gasteiger partial charge on any atom is -0.469 e. The molecule has 2 rings (SSSR count). The highest BCUT2D eigenvalue weighted by atomic mass is 32.1. The van der Waals surface area contributed by atoms with E-state index in [0.717, 1.165) is 31.2 Å². The lowest BCUT2D eigenvalue weighted by molar-refractivity contribution is -0.146. The van der Waals surface area contributed by atoms with E-state index in [4.69, 9.17) is 4.74 Å². The van der Waals surface area contributed by atoms with Crippen molar-refractivity contribution in [3.05, 3.63) is 22.4 Å². The van der Waals surface area contributed by atoms with Crippen LogP contribution in [0.5, 0.6) is 0 Å². The summed E-state index contributed by atoms with van der Waals surface area (Å²) in [6.45, 7) is 0. The fourth-order valence-electron chi connectivity index (χ4n) is 2.50. The number of carbonyl (C=O) groups excluding carboxylic acids is 2. The van der Waals surface area contributed by atoms with Crippen LogP contribution in [-0.2, 0) is 20.7 Å². The van der Waals surface area contributed by atoms with E-state index in [1.54, 1.807) is 11.3 Å². The van der Waals surface area contributed by atoms with E-state index in [1.165, 1.54) is 7.11 Å². The molecule has 1 saturated carbocycles. The highest BCUT2D eigenvalue weighted by Crippen LogP contribution is 2.25. The first-order valence-electron chi connectivity index (χ1n) is 6.57. The molecule has 4 nitrogen and oxygen atoms in total. The van der Waals surface area contributed by atoms with Crippen LogP contribution in [-0.4, -0.2) is 25.0 Å². The molecule has 0 spiro atoms. The number of hydrogen-bond acceptors (Lipinski definition) is 4. The van der Waals surface area contributed by atoms with Crippen LogP contribution in [0.25, 0.3) is 0 Å². The summed E-state index contributed by atoms with van der Waals surface area (Å²) in [5, 5.41) is 7.02. The highest BCUT2D eigenvalue weighted by molar-refractivity contribution is 7.07. The van der Waals surface area contributed by atoms with Crippen molar-refractivity contribution >= 4 is 23.2 Å². The van der Waals surface area contributed by atoms with Crippen molar-refractivity contribution in [2.75, 3.05) is 7.11 Å². The molecule has 0 atom stereocenters. The number of esters is 1. The molecule has 1 aliphatic rings. The third-order valence-electron chi connectivity index (χ3n) is 3.57. The zero-order valence-corrected chi connectivity index (χ0v) is 11.9. The van der Waals surface area contributed by atoms with Gasteiger partial charge < -0.3 is 10.1 Å². The Morgan fingerprint density at radius 3 is 2.68 bits per heavy atom. The van der Waals surface area contributed by atoms with Gasteiger partial charge in [0.1, 0.15) is 0 Å². The van der Waals surface area contributed by atoms with Crippen molar-refractivity contribution < 1.29 is 14.3 Å². The highest BCUT2D eigenvalue weighted by Gasteiger charge is 2.27. The second-order valence-electron chi connectivity index (χ2n) is 4.95. The van der Waals surface area contributed by atoms with Gasteiger partial charge in [-0.25, -0.2) is 0 Å². The summed E-state index contributed by atoms with van der Waals surface area (Å²) in [6.07, 6.45) is 3.76. The van der Waals surface area contributed by atoms with Gasteiger partial charge in [-0.3, -0.25) is 9.59 Å². The molecule has 0 unspecified atom stereocenters. The quantitative estimate of drug-likeness (QED) is 0.860. The number of hydrogen-bond donors (Lipinski definition) is 1. The van der Waals surface area contributed by atoms with Gasteiger partial charge in [-0.15, -0.1) is 0 Å². The van der Waals surface area contributed by atoms with Crippen molar-refractivity contribution in [1.82, 2.24) is 5.32 Å². The lowest BCUT2D eigenvalue weighted by atomic mass is 9.86. The maximum atomic E-state index is 11.9. The molecule has 1 amide bonds. The molecule has 1 fully saturated rings. The molecule has 0 aromatic carbocycles. The number of carbonyl (C=O) groups is 2. The topological polar surface area (TPSA) is 55.4 Å². The summed E-state index contributed by atoms with van der Waals surface area (Å²) >= 11 is 1.60. The first kappa shape index (κ1) is 14.1. The molecule has 1 aliphatic carbocycles. The lowest BCUT2D eigenvalue weighted by Crippen LogP contribution is -2.39. The van der Waals surface area contributed by atoms with Crippen LogP contribution < -0.4 is 5.32 Å². The Labute approximate surface area is 117 Å². The molecule has 0 radical (unpaired) electrons. The summed E-state index contributed by atoms with van der Waals surface area (Å²) in [5.74, 6) is -0.0435. The molecule has 19 heavy (non-hydrogen) atoms. The average molecular weight is 281 g/mol.